The van der Waals surface area contributed by atoms with E-state index in [0.29, 0.717) is 5.69 Å². The summed E-state index contributed by atoms with van der Waals surface area (Å²) in [6.07, 6.45) is 0. The van der Waals surface area contributed by atoms with Gasteiger partial charge in [-0.05, 0) is 55.8 Å². The van der Waals surface area contributed by atoms with Crippen LogP contribution in [-0.4, -0.2) is 14.3 Å². The SMILES string of the molecule is Cc1ccc(NC(=O)c2cccc(S(=O)(=O)Nc3ccccc3Cl)c2)c(C)c1. The molecule has 3 aromatic rings. The average Bonchev–Trinajstić information content (AvgIpc) is 2.66. The molecule has 2 N–H and O–H groups in total. The molecule has 0 saturated heterocycles. The van der Waals surface area contributed by atoms with Gasteiger partial charge in [0.05, 0.1) is 15.6 Å². The quantitative estimate of drug-likeness (QED) is 0.616. The molecule has 0 aromatic heterocycles. The molecule has 0 aliphatic carbocycles. The van der Waals surface area contributed by atoms with Gasteiger partial charge in [0, 0.05) is 11.3 Å². The van der Waals surface area contributed by atoms with E-state index in [2.05, 4.69) is 10.0 Å². The summed E-state index contributed by atoms with van der Waals surface area (Å²) in [4.78, 5) is 12.6. The van der Waals surface area contributed by atoms with Crippen LogP contribution >= 0.6 is 11.6 Å². The van der Waals surface area contributed by atoms with Crippen LogP contribution in [0.2, 0.25) is 5.02 Å². The third-order valence-corrected chi connectivity index (χ3v) is 5.85. The van der Waals surface area contributed by atoms with Gasteiger partial charge >= 0.3 is 0 Å². The van der Waals surface area contributed by atoms with Gasteiger partial charge in [-0.25, -0.2) is 8.42 Å². The molecule has 0 bridgehead atoms. The molecule has 0 fully saturated rings. The number of aryl methyl sites for hydroxylation is 2. The predicted molar refractivity (Wildman–Crippen MR) is 113 cm³/mol. The Bertz CT molecular complexity index is 1140. The van der Waals surface area contributed by atoms with E-state index in [1.165, 1.54) is 18.2 Å². The zero-order valence-corrected chi connectivity index (χ0v) is 16.9. The van der Waals surface area contributed by atoms with Crippen LogP contribution in [0.4, 0.5) is 11.4 Å². The fourth-order valence-corrected chi connectivity index (χ4v) is 4.06. The van der Waals surface area contributed by atoms with Crippen molar-refractivity contribution in [1.82, 2.24) is 0 Å². The van der Waals surface area contributed by atoms with Crippen molar-refractivity contribution in [1.29, 1.82) is 0 Å². The minimum absolute atomic E-state index is 0.0271. The van der Waals surface area contributed by atoms with E-state index in [0.717, 1.165) is 11.1 Å². The van der Waals surface area contributed by atoms with Gasteiger partial charge in [-0.15, -0.1) is 0 Å². The molecule has 0 saturated carbocycles. The normalized spacial score (nSPS) is 11.1. The first-order valence-corrected chi connectivity index (χ1v) is 10.4. The summed E-state index contributed by atoms with van der Waals surface area (Å²) in [7, 11) is -3.89. The molecule has 0 spiro atoms. The average molecular weight is 415 g/mol. The number of hydrogen-bond acceptors (Lipinski definition) is 3. The van der Waals surface area contributed by atoms with Crippen LogP contribution in [0.25, 0.3) is 0 Å². The van der Waals surface area contributed by atoms with Crippen molar-refractivity contribution in [3.05, 3.63) is 88.4 Å². The summed E-state index contributed by atoms with van der Waals surface area (Å²) in [5, 5.41) is 3.10. The molecule has 144 valence electrons. The summed E-state index contributed by atoms with van der Waals surface area (Å²) in [6.45, 7) is 3.87. The minimum Gasteiger partial charge on any atom is -0.322 e. The van der Waals surface area contributed by atoms with Crippen molar-refractivity contribution >= 4 is 38.9 Å². The molecule has 1 amide bonds. The van der Waals surface area contributed by atoms with Crippen molar-refractivity contribution in [2.24, 2.45) is 0 Å². The molecule has 5 nitrogen and oxygen atoms in total. The number of carbonyl (C=O) groups excluding carboxylic acids is 1. The van der Waals surface area contributed by atoms with Crippen molar-refractivity contribution < 1.29 is 13.2 Å². The third kappa shape index (κ3) is 4.52. The summed E-state index contributed by atoms with van der Waals surface area (Å²) in [5.41, 5.74) is 3.21. The lowest BCUT2D eigenvalue weighted by atomic mass is 10.1. The highest BCUT2D eigenvalue weighted by Crippen LogP contribution is 2.24. The van der Waals surface area contributed by atoms with Crippen LogP contribution in [0, 0.1) is 13.8 Å². The lowest BCUT2D eigenvalue weighted by molar-refractivity contribution is 0.102. The van der Waals surface area contributed by atoms with Gasteiger partial charge in [-0.3, -0.25) is 9.52 Å². The van der Waals surface area contributed by atoms with Gasteiger partial charge in [0.1, 0.15) is 0 Å². The smallest absolute Gasteiger partial charge is 0.261 e. The number of para-hydroxylation sites is 1. The largest absolute Gasteiger partial charge is 0.322 e. The first-order chi connectivity index (χ1) is 13.3. The van der Waals surface area contributed by atoms with Gasteiger partial charge in [0.15, 0.2) is 0 Å². The van der Waals surface area contributed by atoms with E-state index in [1.54, 1.807) is 30.3 Å². The Hall–Kier alpha value is -2.83. The van der Waals surface area contributed by atoms with E-state index >= 15 is 0 Å². The zero-order valence-electron chi connectivity index (χ0n) is 15.4. The lowest BCUT2D eigenvalue weighted by Crippen LogP contribution is -2.16. The Morgan fingerprint density at radius 2 is 1.64 bits per heavy atom. The monoisotopic (exact) mass is 414 g/mol. The Morgan fingerprint density at radius 1 is 0.893 bits per heavy atom. The summed E-state index contributed by atoms with van der Waals surface area (Å²) in [6, 6.07) is 18.1. The van der Waals surface area contributed by atoms with Crippen LogP contribution in [0.5, 0.6) is 0 Å². The molecular weight excluding hydrogens is 396 g/mol. The number of anilines is 2. The molecule has 0 atom stereocenters. The van der Waals surface area contributed by atoms with E-state index in [1.807, 2.05) is 32.0 Å². The van der Waals surface area contributed by atoms with Crippen molar-refractivity contribution in [2.75, 3.05) is 10.0 Å². The Balaban J connectivity index is 1.85. The molecule has 3 rings (SSSR count). The Labute approximate surface area is 169 Å². The molecule has 3 aromatic carbocycles. The van der Waals surface area contributed by atoms with Crippen LogP contribution in [-0.2, 0) is 10.0 Å². The van der Waals surface area contributed by atoms with Crippen molar-refractivity contribution in [3.8, 4) is 0 Å². The molecule has 7 heteroatoms. The summed E-state index contributed by atoms with van der Waals surface area (Å²) >= 11 is 6.02. The van der Waals surface area contributed by atoms with Gasteiger partial charge < -0.3 is 5.32 Å². The van der Waals surface area contributed by atoms with Gasteiger partial charge in [0.25, 0.3) is 15.9 Å². The van der Waals surface area contributed by atoms with Crippen LogP contribution in [0.15, 0.2) is 71.6 Å². The number of nitrogens with one attached hydrogen (secondary N) is 2. The highest BCUT2D eigenvalue weighted by Gasteiger charge is 2.18. The van der Waals surface area contributed by atoms with Crippen LogP contribution in [0.1, 0.15) is 21.5 Å². The second-order valence-corrected chi connectivity index (χ2v) is 8.48. The van der Waals surface area contributed by atoms with Crippen molar-refractivity contribution in [3.63, 3.8) is 0 Å². The second-order valence-electron chi connectivity index (χ2n) is 6.39. The zero-order chi connectivity index (χ0) is 20.3. The topological polar surface area (TPSA) is 75.3 Å². The number of carbonyl (C=O) groups is 1. The van der Waals surface area contributed by atoms with Crippen LogP contribution in [0.3, 0.4) is 0 Å². The van der Waals surface area contributed by atoms with Gasteiger partial charge in [0.2, 0.25) is 0 Å². The molecular formula is C21H19ClN2O3S. The molecule has 0 aliphatic heterocycles. The van der Waals surface area contributed by atoms with E-state index in [-0.39, 0.29) is 27.1 Å². The fourth-order valence-electron chi connectivity index (χ4n) is 2.70. The Kier molecular flexibility index (Phi) is 5.72. The van der Waals surface area contributed by atoms with E-state index < -0.39 is 10.0 Å². The number of amides is 1. The van der Waals surface area contributed by atoms with Crippen molar-refractivity contribution in [2.45, 2.75) is 18.7 Å². The Morgan fingerprint density at radius 3 is 2.36 bits per heavy atom. The number of hydrogen-bond donors (Lipinski definition) is 2. The number of rotatable bonds is 5. The third-order valence-electron chi connectivity index (χ3n) is 4.15. The maximum atomic E-state index is 12.7. The summed E-state index contributed by atoms with van der Waals surface area (Å²) in [5.74, 6) is -0.387. The standard InChI is InChI=1S/C21H19ClN2O3S/c1-14-10-11-19(15(2)12-14)23-21(25)16-6-5-7-17(13-16)28(26,27)24-20-9-4-3-8-18(20)22/h3-13,24H,1-2H3,(H,23,25). The minimum atomic E-state index is -3.89. The van der Waals surface area contributed by atoms with E-state index in [4.69, 9.17) is 11.6 Å². The maximum Gasteiger partial charge on any atom is 0.261 e. The van der Waals surface area contributed by atoms with Gasteiger partial charge in [-0.2, -0.15) is 0 Å². The fraction of sp³-hybridized carbons (Fsp3) is 0.0952. The molecule has 0 aliphatic rings. The van der Waals surface area contributed by atoms with Crippen LogP contribution < -0.4 is 10.0 Å². The second kappa shape index (κ2) is 8.04. The molecule has 0 heterocycles. The highest BCUT2D eigenvalue weighted by atomic mass is 35.5. The molecule has 0 unspecified atom stereocenters. The molecule has 0 radical (unpaired) electrons. The maximum absolute atomic E-state index is 12.7. The van der Waals surface area contributed by atoms with Gasteiger partial charge in [-0.1, -0.05) is 47.5 Å². The highest BCUT2D eigenvalue weighted by molar-refractivity contribution is 7.92. The number of sulfonamides is 1. The number of halogens is 1. The molecule has 28 heavy (non-hydrogen) atoms. The predicted octanol–water partition coefficient (Wildman–Crippen LogP) is 5.01. The first kappa shape index (κ1) is 19.9. The lowest BCUT2D eigenvalue weighted by Gasteiger charge is -2.12. The first-order valence-electron chi connectivity index (χ1n) is 8.52. The van der Waals surface area contributed by atoms with E-state index in [9.17, 15) is 13.2 Å². The number of benzene rings is 3. The summed E-state index contributed by atoms with van der Waals surface area (Å²) < 4.78 is 27.8.